The van der Waals surface area contributed by atoms with Gasteiger partial charge in [-0.05, 0) is 18.2 Å². The Balaban J connectivity index is 0.000000343. The number of hydrogen-bond donors (Lipinski definition) is 12. The summed E-state index contributed by atoms with van der Waals surface area (Å²) in [5.41, 5.74) is -1.27. The van der Waals surface area contributed by atoms with Crippen molar-refractivity contribution in [3.05, 3.63) is 46.1 Å². The van der Waals surface area contributed by atoms with Gasteiger partial charge in [-0.15, -0.1) is 0 Å². The molecule has 2 saturated heterocycles. The average molecular weight is 599 g/mol. The first-order chi connectivity index (χ1) is 19.8. The van der Waals surface area contributed by atoms with Gasteiger partial charge >= 0.3 is 0 Å². The summed E-state index contributed by atoms with van der Waals surface area (Å²) in [6, 6.07) is 5.47. The molecule has 12 N–H and O–H groups in total. The SMILES string of the molecule is O=c1cc(-c2ccc(O)c(O)c2)oc2c([C@@H]3O[C@H](CO)[C@@H](O)[C@H](O)[C@H]3O)c(O)cc(O)c12.OC1OC[C@@H](O)[C@@H](O)[C@@H]1O. The molecule has 0 spiro atoms. The predicted molar refractivity (Wildman–Crippen MR) is 137 cm³/mol. The van der Waals surface area contributed by atoms with E-state index in [-0.39, 0.29) is 34.5 Å². The van der Waals surface area contributed by atoms with Crippen molar-refractivity contribution in [1.82, 2.24) is 0 Å². The first-order valence-corrected chi connectivity index (χ1v) is 12.5. The van der Waals surface area contributed by atoms with Gasteiger partial charge < -0.3 is 75.2 Å². The third-order valence-electron chi connectivity index (χ3n) is 6.91. The Labute approximate surface area is 235 Å². The number of aliphatic hydroxyl groups is 8. The number of phenolic OH excluding ortho intramolecular Hbond substituents is 4. The molecule has 3 aromatic rings. The molecule has 16 heteroatoms. The highest BCUT2D eigenvalue weighted by Crippen LogP contribution is 2.44. The van der Waals surface area contributed by atoms with Crippen molar-refractivity contribution in [1.29, 1.82) is 0 Å². The van der Waals surface area contributed by atoms with Gasteiger partial charge in [0.25, 0.3) is 0 Å². The summed E-state index contributed by atoms with van der Waals surface area (Å²) in [4.78, 5) is 12.8. The summed E-state index contributed by atoms with van der Waals surface area (Å²) in [5, 5.41) is 115. The molecule has 230 valence electrons. The zero-order valence-electron chi connectivity index (χ0n) is 21.5. The van der Waals surface area contributed by atoms with Gasteiger partial charge in [0, 0.05) is 17.7 Å². The molecular weight excluding hydrogens is 568 g/mol. The van der Waals surface area contributed by atoms with Crippen LogP contribution < -0.4 is 5.43 Å². The Kier molecular flexibility index (Phi) is 9.24. The second-order valence-electron chi connectivity index (χ2n) is 9.73. The molecule has 0 bridgehead atoms. The monoisotopic (exact) mass is 598 g/mol. The van der Waals surface area contributed by atoms with Crippen LogP contribution >= 0.6 is 0 Å². The Hall–Kier alpha value is -3.55. The topological polar surface area (TPSA) is 291 Å². The molecule has 3 heterocycles. The fraction of sp³-hybridized carbons (Fsp3) is 0.423. The number of hydrogen-bond acceptors (Lipinski definition) is 16. The molecule has 16 nitrogen and oxygen atoms in total. The Bertz CT molecular complexity index is 1460. The van der Waals surface area contributed by atoms with Crippen molar-refractivity contribution >= 4 is 11.0 Å². The van der Waals surface area contributed by atoms with Crippen LogP contribution in [0.15, 0.2) is 39.5 Å². The second-order valence-corrected chi connectivity index (χ2v) is 9.73. The smallest absolute Gasteiger partial charge is 0.197 e. The molecule has 2 aromatic carbocycles. The molecule has 5 rings (SSSR count). The summed E-state index contributed by atoms with van der Waals surface area (Å²) in [5.74, 6) is -2.28. The van der Waals surface area contributed by atoms with Gasteiger partial charge in [-0.3, -0.25) is 4.79 Å². The van der Waals surface area contributed by atoms with Gasteiger partial charge in [-0.2, -0.15) is 0 Å². The minimum absolute atomic E-state index is 0.117. The van der Waals surface area contributed by atoms with E-state index in [1.54, 1.807) is 0 Å². The van der Waals surface area contributed by atoms with E-state index in [4.69, 9.17) is 29.6 Å². The largest absolute Gasteiger partial charge is 0.507 e. The molecule has 1 unspecified atom stereocenters. The maximum atomic E-state index is 12.8. The lowest BCUT2D eigenvalue weighted by molar-refractivity contribution is -0.252. The summed E-state index contributed by atoms with van der Waals surface area (Å²) in [7, 11) is 0. The number of phenols is 4. The van der Waals surface area contributed by atoms with E-state index in [1.807, 2.05) is 0 Å². The summed E-state index contributed by atoms with van der Waals surface area (Å²) < 4.78 is 15.7. The van der Waals surface area contributed by atoms with Crippen molar-refractivity contribution in [3.8, 4) is 34.3 Å². The fourth-order valence-electron chi connectivity index (χ4n) is 4.55. The third kappa shape index (κ3) is 5.86. The van der Waals surface area contributed by atoms with Crippen LogP contribution in [-0.2, 0) is 9.47 Å². The molecule has 2 fully saturated rings. The van der Waals surface area contributed by atoms with Gasteiger partial charge in [-0.25, -0.2) is 0 Å². The van der Waals surface area contributed by atoms with Crippen molar-refractivity contribution in [2.75, 3.05) is 13.2 Å². The van der Waals surface area contributed by atoms with Crippen LogP contribution in [0, 0.1) is 0 Å². The van der Waals surface area contributed by atoms with Crippen LogP contribution in [0.3, 0.4) is 0 Å². The van der Waals surface area contributed by atoms with Crippen LogP contribution in [0.1, 0.15) is 11.7 Å². The Morgan fingerprint density at radius 1 is 0.738 bits per heavy atom. The van der Waals surface area contributed by atoms with Gasteiger partial charge in [0.2, 0.25) is 0 Å². The van der Waals surface area contributed by atoms with Crippen molar-refractivity contribution in [3.63, 3.8) is 0 Å². The number of rotatable bonds is 3. The van der Waals surface area contributed by atoms with Crippen LogP contribution in [0.2, 0.25) is 0 Å². The standard InChI is InChI=1S/C21H20O11.C5H10O5/c22-6-14-17(28)18(29)19(30)21(32-14)16-11(26)4-10(25)15-12(27)5-13(31-20(15)16)7-1-2-8(23)9(24)3-7;6-2-1-10-5(9)4(8)3(2)7/h1-5,14,17-19,21-26,28-30H,6H2;2-9H,1H2/t14-,17-,18+,19-,21+;2-,3-,4+,5?/m11/s1. The van der Waals surface area contributed by atoms with Crippen molar-refractivity contribution in [2.45, 2.75) is 55.1 Å². The van der Waals surface area contributed by atoms with E-state index in [2.05, 4.69) is 4.74 Å². The predicted octanol–water partition coefficient (Wildman–Crippen LogP) is -2.79. The Morgan fingerprint density at radius 2 is 1.43 bits per heavy atom. The molecule has 9 atom stereocenters. The summed E-state index contributed by atoms with van der Waals surface area (Å²) in [6.45, 7) is -0.875. The molecular formula is C26H30O16. The normalized spacial score (nSPS) is 31.4. The van der Waals surface area contributed by atoms with Crippen LogP contribution in [0.25, 0.3) is 22.3 Å². The number of aromatic hydroxyl groups is 4. The summed E-state index contributed by atoms with van der Waals surface area (Å²) in [6.07, 6.45) is -13.3. The lowest BCUT2D eigenvalue weighted by Crippen LogP contribution is -2.55. The lowest BCUT2D eigenvalue weighted by atomic mass is 9.89. The van der Waals surface area contributed by atoms with Crippen LogP contribution in [-0.4, -0.2) is 124 Å². The number of fused-ring (bicyclic) bond motifs is 1. The molecule has 0 saturated carbocycles. The minimum atomic E-state index is -1.79. The molecule has 0 amide bonds. The number of ether oxygens (including phenoxy) is 2. The molecule has 42 heavy (non-hydrogen) atoms. The maximum Gasteiger partial charge on any atom is 0.197 e. The molecule has 0 aliphatic carbocycles. The van der Waals surface area contributed by atoms with E-state index in [0.29, 0.717) is 0 Å². The third-order valence-corrected chi connectivity index (χ3v) is 6.91. The van der Waals surface area contributed by atoms with Gasteiger partial charge in [0.05, 0.1) is 18.8 Å². The maximum absolute atomic E-state index is 12.8. The zero-order valence-corrected chi connectivity index (χ0v) is 21.5. The van der Waals surface area contributed by atoms with E-state index in [9.17, 15) is 45.6 Å². The fourth-order valence-corrected chi connectivity index (χ4v) is 4.55. The van der Waals surface area contributed by atoms with E-state index in [1.165, 1.54) is 6.07 Å². The highest BCUT2D eigenvalue weighted by molar-refractivity contribution is 5.89. The van der Waals surface area contributed by atoms with E-state index in [0.717, 1.165) is 24.3 Å². The first-order valence-electron chi connectivity index (χ1n) is 12.5. The molecule has 0 radical (unpaired) electrons. The quantitative estimate of drug-likeness (QED) is 0.136. The molecule has 1 aromatic heterocycles. The van der Waals surface area contributed by atoms with E-state index >= 15 is 0 Å². The zero-order chi connectivity index (χ0) is 31.0. The lowest BCUT2D eigenvalue weighted by Gasteiger charge is -2.40. The number of aliphatic hydroxyl groups excluding tert-OH is 8. The second kappa shape index (κ2) is 12.4. The van der Waals surface area contributed by atoms with Crippen LogP contribution in [0.5, 0.6) is 23.0 Å². The Morgan fingerprint density at radius 3 is 2.05 bits per heavy atom. The van der Waals surface area contributed by atoms with E-state index < -0.39 is 90.2 Å². The number of benzene rings is 2. The minimum Gasteiger partial charge on any atom is -0.507 e. The van der Waals surface area contributed by atoms with Gasteiger partial charge in [-0.1, -0.05) is 0 Å². The van der Waals surface area contributed by atoms with Crippen LogP contribution in [0.4, 0.5) is 0 Å². The summed E-state index contributed by atoms with van der Waals surface area (Å²) >= 11 is 0. The molecule has 2 aliphatic rings. The van der Waals surface area contributed by atoms with Crippen molar-refractivity contribution in [2.24, 2.45) is 0 Å². The van der Waals surface area contributed by atoms with Crippen molar-refractivity contribution < 1.29 is 75.2 Å². The first kappa shape index (κ1) is 31.4. The highest BCUT2D eigenvalue weighted by atomic mass is 16.6. The highest BCUT2D eigenvalue weighted by Gasteiger charge is 2.46. The molecule has 2 aliphatic heterocycles. The van der Waals surface area contributed by atoms with Gasteiger partial charge in [0.1, 0.15) is 71.5 Å². The van der Waals surface area contributed by atoms with Gasteiger partial charge in [0.15, 0.2) is 28.8 Å². The average Bonchev–Trinajstić information content (AvgIpc) is 2.95.